The van der Waals surface area contributed by atoms with Gasteiger partial charge in [-0.1, -0.05) is 12.1 Å². The maximum atomic E-state index is 13.0. The van der Waals surface area contributed by atoms with Crippen LogP contribution in [0.4, 0.5) is 0 Å². The van der Waals surface area contributed by atoms with Crippen LogP contribution in [0.1, 0.15) is 32.5 Å². The number of halogens is 1. The lowest BCUT2D eigenvalue weighted by atomic mass is 9.89. The smallest absolute Gasteiger partial charge is 0.339 e. The summed E-state index contributed by atoms with van der Waals surface area (Å²) < 4.78 is 9.95. The van der Waals surface area contributed by atoms with Gasteiger partial charge in [0.15, 0.2) is 0 Å². The summed E-state index contributed by atoms with van der Waals surface area (Å²) in [6, 6.07) is 11.6. The monoisotopic (exact) mass is 431 g/mol. The lowest BCUT2D eigenvalue weighted by Gasteiger charge is -2.27. The van der Waals surface area contributed by atoms with E-state index in [0.717, 1.165) is 18.8 Å². The number of carbonyl (C=O) groups excluding carboxylic acids is 2. The van der Waals surface area contributed by atoms with Gasteiger partial charge in [0.1, 0.15) is 11.4 Å². The highest BCUT2D eigenvalue weighted by Gasteiger charge is 2.47. The average molecular weight is 432 g/mol. The summed E-state index contributed by atoms with van der Waals surface area (Å²) in [4.78, 5) is 33.0. The first kappa shape index (κ1) is 22.1. The third kappa shape index (κ3) is 4.00. The molecular formula is C22H26ClN3O4. The van der Waals surface area contributed by atoms with E-state index in [1.165, 1.54) is 18.9 Å². The van der Waals surface area contributed by atoms with Crippen molar-refractivity contribution in [3.63, 3.8) is 0 Å². The van der Waals surface area contributed by atoms with Crippen molar-refractivity contribution >= 4 is 24.3 Å². The molecule has 0 aliphatic carbocycles. The zero-order valence-corrected chi connectivity index (χ0v) is 18.1. The zero-order chi connectivity index (χ0) is 20.5. The number of rotatable bonds is 4. The van der Waals surface area contributed by atoms with Crippen molar-refractivity contribution in [2.75, 3.05) is 40.9 Å². The number of carbonyl (C=O) groups is 2. The molecule has 30 heavy (non-hydrogen) atoms. The molecule has 2 aromatic rings. The van der Waals surface area contributed by atoms with Crippen LogP contribution in [0.25, 0.3) is 0 Å². The first-order chi connectivity index (χ1) is 14.0. The molecule has 0 saturated carbocycles. The van der Waals surface area contributed by atoms with Gasteiger partial charge in [0.25, 0.3) is 5.91 Å². The number of aromatic nitrogens is 1. The van der Waals surface area contributed by atoms with E-state index in [-0.39, 0.29) is 24.4 Å². The van der Waals surface area contributed by atoms with E-state index in [2.05, 4.69) is 33.8 Å². The van der Waals surface area contributed by atoms with Crippen molar-refractivity contribution < 1.29 is 19.1 Å². The Morgan fingerprint density at radius 1 is 1.03 bits per heavy atom. The van der Waals surface area contributed by atoms with Gasteiger partial charge >= 0.3 is 5.97 Å². The maximum Gasteiger partial charge on any atom is 0.339 e. The second kappa shape index (κ2) is 9.02. The quantitative estimate of drug-likeness (QED) is 0.693. The van der Waals surface area contributed by atoms with E-state index in [0.29, 0.717) is 29.6 Å². The lowest BCUT2D eigenvalue weighted by molar-refractivity contribution is 0.0599. The van der Waals surface area contributed by atoms with Gasteiger partial charge in [-0.2, -0.15) is 0 Å². The number of hydrogen-bond acceptors (Lipinski definition) is 6. The second-order valence-electron chi connectivity index (χ2n) is 7.72. The lowest BCUT2D eigenvalue weighted by Crippen LogP contribution is -2.33. The van der Waals surface area contributed by atoms with Gasteiger partial charge in [0, 0.05) is 37.8 Å². The molecule has 0 unspecified atom stereocenters. The summed E-state index contributed by atoms with van der Waals surface area (Å²) >= 11 is 0. The van der Waals surface area contributed by atoms with E-state index >= 15 is 0 Å². The molecule has 3 atom stereocenters. The number of likely N-dealkylation sites (tertiary alicyclic amines) is 2. The van der Waals surface area contributed by atoms with Crippen molar-refractivity contribution in [1.29, 1.82) is 0 Å². The summed E-state index contributed by atoms with van der Waals surface area (Å²) in [7, 11) is 5.13. The fourth-order valence-electron chi connectivity index (χ4n) is 4.65. The minimum Gasteiger partial charge on any atom is -0.497 e. The summed E-state index contributed by atoms with van der Waals surface area (Å²) in [5.41, 5.74) is 1.94. The predicted octanol–water partition coefficient (Wildman–Crippen LogP) is 2.67. The van der Waals surface area contributed by atoms with Gasteiger partial charge in [-0.05, 0) is 42.8 Å². The molecule has 2 aliphatic heterocycles. The Kier molecular flexibility index (Phi) is 6.63. The molecule has 2 fully saturated rings. The first-order valence-corrected chi connectivity index (χ1v) is 9.69. The number of methoxy groups -OCH3 is 2. The van der Waals surface area contributed by atoms with E-state index in [4.69, 9.17) is 4.74 Å². The third-order valence-electron chi connectivity index (χ3n) is 6.04. The minimum atomic E-state index is -0.461. The van der Waals surface area contributed by atoms with Crippen molar-refractivity contribution in [3.8, 4) is 5.75 Å². The Morgan fingerprint density at radius 2 is 1.77 bits per heavy atom. The van der Waals surface area contributed by atoms with Gasteiger partial charge in [0.2, 0.25) is 0 Å². The predicted molar refractivity (Wildman–Crippen MR) is 114 cm³/mol. The van der Waals surface area contributed by atoms with Crippen LogP contribution < -0.4 is 4.74 Å². The third-order valence-corrected chi connectivity index (χ3v) is 6.04. The maximum absolute atomic E-state index is 13.0. The van der Waals surface area contributed by atoms with Crippen molar-refractivity contribution in [2.24, 2.45) is 11.8 Å². The number of benzene rings is 1. The largest absolute Gasteiger partial charge is 0.497 e. The Labute approximate surface area is 182 Å². The number of nitrogens with zero attached hydrogens (tertiary/aromatic N) is 3. The molecule has 1 amide bonds. The number of amides is 1. The van der Waals surface area contributed by atoms with Crippen LogP contribution in [0.5, 0.6) is 5.75 Å². The van der Waals surface area contributed by atoms with Gasteiger partial charge in [-0.3, -0.25) is 14.7 Å². The average Bonchev–Trinajstić information content (AvgIpc) is 3.29. The molecule has 0 bridgehead atoms. The van der Waals surface area contributed by atoms with Crippen LogP contribution in [0, 0.1) is 11.8 Å². The Hall–Kier alpha value is -2.64. The van der Waals surface area contributed by atoms with Crippen molar-refractivity contribution in [2.45, 2.75) is 6.04 Å². The fourth-order valence-corrected chi connectivity index (χ4v) is 4.65. The first-order valence-electron chi connectivity index (χ1n) is 9.69. The van der Waals surface area contributed by atoms with E-state index in [1.807, 2.05) is 17.0 Å². The molecule has 0 radical (unpaired) electrons. The number of fused-ring (bicyclic) bond motifs is 1. The minimum absolute atomic E-state index is 0. The molecule has 1 aromatic carbocycles. The summed E-state index contributed by atoms with van der Waals surface area (Å²) in [5.74, 6) is 1.11. The molecule has 2 saturated heterocycles. The van der Waals surface area contributed by atoms with E-state index in [9.17, 15) is 9.59 Å². The van der Waals surface area contributed by atoms with E-state index in [1.54, 1.807) is 19.2 Å². The van der Waals surface area contributed by atoms with E-state index < -0.39 is 5.97 Å². The van der Waals surface area contributed by atoms with Crippen LogP contribution in [-0.4, -0.2) is 67.6 Å². The Morgan fingerprint density at radius 3 is 2.37 bits per heavy atom. The second-order valence-corrected chi connectivity index (χ2v) is 7.72. The molecular weight excluding hydrogens is 406 g/mol. The topological polar surface area (TPSA) is 72.0 Å². The molecule has 4 rings (SSSR count). The standard InChI is InChI=1S/C22H25N3O4.ClH/c1-24-11-16-12-25(21(26)19-9-6-15(10-23-19)22(27)29-3)13-18(16)20(24)14-4-7-17(28-2)8-5-14;/h4-10,16,18,20H,11-13H2,1-3H3;1H/t16-,18+,20+;/m0./s1. The number of ether oxygens (including phenoxy) is 2. The van der Waals surface area contributed by atoms with Crippen molar-refractivity contribution in [1.82, 2.24) is 14.8 Å². The zero-order valence-electron chi connectivity index (χ0n) is 17.3. The van der Waals surface area contributed by atoms with Crippen LogP contribution in [0.2, 0.25) is 0 Å². The summed E-state index contributed by atoms with van der Waals surface area (Å²) in [6.45, 7) is 2.38. The van der Waals surface area contributed by atoms with Gasteiger partial charge in [-0.15, -0.1) is 12.4 Å². The normalized spacial score (nSPS) is 22.9. The fraction of sp³-hybridized carbons (Fsp3) is 0.409. The van der Waals surface area contributed by atoms with Crippen LogP contribution in [0.15, 0.2) is 42.6 Å². The Balaban J connectivity index is 0.00000256. The molecule has 0 spiro atoms. The number of esters is 1. The molecule has 160 valence electrons. The van der Waals surface area contributed by atoms with Crippen LogP contribution in [0.3, 0.4) is 0 Å². The molecule has 7 nitrogen and oxygen atoms in total. The summed E-state index contributed by atoms with van der Waals surface area (Å²) in [5, 5.41) is 0. The molecule has 8 heteroatoms. The Bertz CT molecular complexity index is 904. The van der Waals surface area contributed by atoms with Gasteiger partial charge < -0.3 is 14.4 Å². The number of pyridine rings is 1. The highest BCUT2D eigenvalue weighted by molar-refractivity contribution is 5.94. The molecule has 0 N–H and O–H groups in total. The van der Waals surface area contributed by atoms with Gasteiger partial charge in [0.05, 0.1) is 19.8 Å². The van der Waals surface area contributed by atoms with Crippen LogP contribution >= 0.6 is 12.4 Å². The molecule has 2 aliphatic rings. The number of hydrogen-bond donors (Lipinski definition) is 0. The highest BCUT2D eigenvalue weighted by atomic mass is 35.5. The SMILES string of the molecule is COC(=O)c1ccc(C(=O)N2C[C@@H]3CN(C)[C@H](c4ccc(OC)cc4)[C@@H]3C2)nc1.Cl. The van der Waals surface area contributed by atoms with Crippen molar-refractivity contribution in [3.05, 3.63) is 59.4 Å². The molecule has 1 aromatic heterocycles. The van der Waals surface area contributed by atoms with Crippen LogP contribution in [-0.2, 0) is 4.74 Å². The highest BCUT2D eigenvalue weighted by Crippen LogP contribution is 2.44. The summed E-state index contributed by atoms with van der Waals surface area (Å²) in [6.07, 6.45) is 1.39. The molecule has 3 heterocycles. The van der Waals surface area contributed by atoms with Gasteiger partial charge in [-0.25, -0.2) is 4.79 Å².